The lowest BCUT2D eigenvalue weighted by molar-refractivity contribution is -0.148. The largest absolute Gasteiger partial charge is 0.510 e. The maximum absolute atomic E-state index is 13.9. The zero-order valence-corrected chi connectivity index (χ0v) is 22.8. The molecule has 6 N–H and O–H groups in total. The van der Waals surface area contributed by atoms with Crippen LogP contribution < -0.4 is 5.73 Å². The average molecular weight is 548 g/mol. The molecule has 3 aliphatic rings. The fourth-order valence-corrected chi connectivity index (χ4v) is 6.72. The minimum Gasteiger partial charge on any atom is -0.510 e. The topological polar surface area (TPSA) is 165 Å². The van der Waals surface area contributed by atoms with Crippen LogP contribution in [0.1, 0.15) is 27.9 Å². The van der Waals surface area contributed by atoms with Crippen molar-refractivity contribution in [2.45, 2.75) is 31.0 Å². The van der Waals surface area contributed by atoms with E-state index in [1.54, 1.807) is 20.2 Å². The number of Topliss-reactive ketones (excluding diaryl/α,β-unsaturated/α-hetero) is 2. The predicted molar refractivity (Wildman–Crippen MR) is 147 cm³/mol. The Morgan fingerprint density at radius 1 is 1.07 bits per heavy atom. The number of aliphatic hydroxyl groups is 3. The Balaban J connectivity index is 1.69. The van der Waals surface area contributed by atoms with Crippen molar-refractivity contribution < 1.29 is 34.8 Å². The Morgan fingerprint density at radius 2 is 1.77 bits per heavy atom. The van der Waals surface area contributed by atoms with E-state index in [0.717, 1.165) is 16.7 Å². The molecule has 1 amide bonds. The van der Waals surface area contributed by atoms with Gasteiger partial charge < -0.3 is 31.1 Å². The van der Waals surface area contributed by atoms with E-state index >= 15 is 0 Å². The second-order valence-electron chi connectivity index (χ2n) is 11.4. The van der Waals surface area contributed by atoms with Crippen LogP contribution in [0, 0.1) is 11.8 Å². The minimum absolute atomic E-state index is 0.00343. The Bertz CT molecular complexity index is 1520. The van der Waals surface area contributed by atoms with E-state index in [2.05, 4.69) is 0 Å². The van der Waals surface area contributed by atoms with Gasteiger partial charge in [0.05, 0.1) is 11.6 Å². The summed E-state index contributed by atoms with van der Waals surface area (Å²) >= 11 is 0. The number of carbonyl (C=O) groups is 3. The number of amides is 1. The van der Waals surface area contributed by atoms with Crippen molar-refractivity contribution in [3.63, 3.8) is 0 Å². The van der Waals surface area contributed by atoms with Crippen LogP contribution in [-0.4, -0.2) is 87.5 Å². The van der Waals surface area contributed by atoms with Crippen molar-refractivity contribution in [1.82, 2.24) is 9.80 Å². The number of fused-ring (bicyclic) bond motifs is 3. The van der Waals surface area contributed by atoms with Crippen LogP contribution >= 0.6 is 0 Å². The molecule has 0 aliphatic heterocycles. The summed E-state index contributed by atoms with van der Waals surface area (Å²) in [6.07, 6.45) is 0.276. The number of benzene rings is 2. The van der Waals surface area contributed by atoms with Gasteiger partial charge in [0.2, 0.25) is 5.78 Å². The van der Waals surface area contributed by atoms with Crippen molar-refractivity contribution in [3.8, 4) is 16.9 Å². The number of phenols is 1. The van der Waals surface area contributed by atoms with E-state index in [1.165, 1.54) is 11.0 Å². The monoisotopic (exact) mass is 547 g/mol. The van der Waals surface area contributed by atoms with E-state index in [4.69, 9.17) is 5.73 Å². The molecule has 4 atom stereocenters. The molecule has 40 heavy (non-hydrogen) atoms. The molecule has 2 aromatic rings. The molecule has 0 saturated carbocycles. The van der Waals surface area contributed by atoms with E-state index in [0.29, 0.717) is 12.1 Å². The zero-order valence-electron chi connectivity index (χ0n) is 22.8. The van der Waals surface area contributed by atoms with Gasteiger partial charge in [-0.15, -0.1) is 0 Å². The molecule has 0 aromatic heterocycles. The van der Waals surface area contributed by atoms with Gasteiger partial charge in [0, 0.05) is 18.0 Å². The van der Waals surface area contributed by atoms with Crippen molar-refractivity contribution in [1.29, 1.82) is 0 Å². The summed E-state index contributed by atoms with van der Waals surface area (Å²) in [6, 6.07) is 10.0. The Morgan fingerprint density at radius 3 is 2.40 bits per heavy atom. The minimum atomic E-state index is -2.65. The number of phenolic OH excluding ortho intramolecular Hbond substituents is 1. The summed E-state index contributed by atoms with van der Waals surface area (Å²) in [5.41, 5.74) is 5.00. The Labute approximate surface area is 231 Å². The molecule has 0 bridgehead atoms. The Kier molecular flexibility index (Phi) is 6.60. The molecule has 210 valence electrons. The van der Waals surface area contributed by atoms with Gasteiger partial charge in [0.25, 0.3) is 5.91 Å². The van der Waals surface area contributed by atoms with Crippen molar-refractivity contribution in [2.24, 2.45) is 17.6 Å². The van der Waals surface area contributed by atoms with Crippen LogP contribution in [-0.2, 0) is 22.6 Å². The number of hydrogen-bond acceptors (Lipinski definition) is 9. The first-order chi connectivity index (χ1) is 18.8. The molecular weight excluding hydrogens is 514 g/mol. The van der Waals surface area contributed by atoms with Gasteiger partial charge in [-0.3, -0.25) is 19.3 Å². The highest BCUT2D eigenvalue weighted by Crippen LogP contribution is 2.53. The maximum atomic E-state index is 13.9. The zero-order chi connectivity index (χ0) is 29.3. The first kappa shape index (κ1) is 27.6. The van der Waals surface area contributed by atoms with Crippen LogP contribution in [0.4, 0.5) is 0 Å². The first-order valence-corrected chi connectivity index (χ1v) is 13.0. The van der Waals surface area contributed by atoms with Crippen molar-refractivity contribution >= 4 is 17.5 Å². The van der Waals surface area contributed by atoms with Crippen LogP contribution in [0.5, 0.6) is 5.75 Å². The highest BCUT2D eigenvalue weighted by Gasteiger charge is 2.63. The number of aromatic hydroxyl groups is 1. The van der Waals surface area contributed by atoms with Gasteiger partial charge in [-0.05, 0) is 81.3 Å². The normalized spacial score (nSPS) is 26.2. The molecule has 0 spiro atoms. The third-order valence-electron chi connectivity index (χ3n) is 8.34. The van der Waals surface area contributed by atoms with Crippen LogP contribution in [0.15, 0.2) is 59.1 Å². The number of hydrogen-bond donors (Lipinski definition) is 5. The van der Waals surface area contributed by atoms with E-state index in [9.17, 15) is 34.8 Å². The van der Waals surface area contributed by atoms with Crippen LogP contribution in [0.2, 0.25) is 0 Å². The lowest BCUT2D eigenvalue weighted by Gasteiger charge is -2.50. The van der Waals surface area contributed by atoms with E-state index < -0.39 is 58.0 Å². The van der Waals surface area contributed by atoms with Gasteiger partial charge in [-0.2, -0.15) is 0 Å². The van der Waals surface area contributed by atoms with Crippen LogP contribution in [0.25, 0.3) is 11.1 Å². The molecule has 0 radical (unpaired) electrons. The SMILES string of the molecule is CN(C)Cc1cccc(-c2ccc(O)c3c2CC2CC4[C@@H](N(C)C)C(O)=C(C(N)=O)C(=O)[C@@]4(O)C(O)=C2C3=O)c1. The lowest BCUT2D eigenvalue weighted by Crippen LogP contribution is -2.63. The molecule has 0 heterocycles. The molecule has 0 fully saturated rings. The molecule has 2 unspecified atom stereocenters. The number of aliphatic hydroxyl groups excluding tert-OH is 2. The Hall–Kier alpha value is -3.99. The standard InChI is InChI=1S/C30H33N3O7/c1-32(2)13-14-6-5-7-15(10-14)17-8-9-20(34)22-18(17)11-16-12-19-24(33(3)4)26(36)23(29(31)39)28(38)30(19,40)27(37)21(16)25(22)35/h5-10,16,19,24,34,36-37,40H,11-13H2,1-4H3,(H2,31,39)/t16?,19?,24-,30+/m1/s1. The first-order valence-electron chi connectivity index (χ1n) is 13.0. The van der Waals surface area contributed by atoms with Gasteiger partial charge in [0.1, 0.15) is 22.8 Å². The van der Waals surface area contributed by atoms with Gasteiger partial charge in [-0.1, -0.05) is 24.3 Å². The van der Waals surface area contributed by atoms with E-state index in [-0.39, 0.29) is 29.7 Å². The maximum Gasteiger partial charge on any atom is 0.255 e. The molecule has 3 aliphatic carbocycles. The lowest BCUT2D eigenvalue weighted by atomic mass is 9.58. The third-order valence-corrected chi connectivity index (χ3v) is 8.34. The molecule has 2 aromatic carbocycles. The number of primary amides is 1. The average Bonchev–Trinajstić information content (AvgIpc) is 2.85. The van der Waals surface area contributed by atoms with Crippen LogP contribution in [0.3, 0.4) is 0 Å². The smallest absolute Gasteiger partial charge is 0.255 e. The number of nitrogens with zero attached hydrogens (tertiary/aromatic N) is 2. The number of rotatable bonds is 5. The van der Waals surface area contributed by atoms with E-state index in [1.807, 2.05) is 43.3 Å². The second kappa shape index (κ2) is 9.58. The van der Waals surface area contributed by atoms with Gasteiger partial charge in [-0.25, -0.2) is 0 Å². The quantitative estimate of drug-likeness (QED) is 0.351. The third kappa shape index (κ3) is 3.94. The fraction of sp³-hybridized carbons (Fsp3) is 0.367. The number of likely N-dealkylation sites (N-methyl/N-ethyl adjacent to an activating group) is 1. The number of nitrogens with two attached hydrogens (primary N) is 1. The second-order valence-corrected chi connectivity index (χ2v) is 11.4. The van der Waals surface area contributed by atoms with Gasteiger partial charge in [0.15, 0.2) is 11.4 Å². The number of allylic oxidation sites excluding steroid dienone is 1. The highest BCUT2D eigenvalue weighted by molar-refractivity contribution is 6.24. The summed E-state index contributed by atoms with van der Waals surface area (Å²) in [4.78, 5) is 43.0. The summed E-state index contributed by atoms with van der Waals surface area (Å²) < 4.78 is 0. The number of carbonyl (C=O) groups excluding carboxylic acids is 3. The summed E-state index contributed by atoms with van der Waals surface area (Å²) in [6.45, 7) is 0.709. The molecular formula is C30H33N3O7. The van der Waals surface area contributed by atoms with Gasteiger partial charge >= 0.3 is 0 Å². The summed E-state index contributed by atoms with van der Waals surface area (Å²) in [5.74, 6) is -6.64. The highest BCUT2D eigenvalue weighted by atomic mass is 16.3. The predicted octanol–water partition coefficient (Wildman–Crippen LogP) is 1.85. The van der Waals surface area contributed by atoms with Crippen molar-refractivity contribution in [3.05, 3.63) is 75.8 Å². The summed E-state index contributed by atoms with van der Waals surface area (Å²) in [7, 11) is 7.14. The fourth-order valence-electron chi connectivity index (χ4n) is 6.72. The molecule has 0 saturated heterocycles. The number of ketones is 2. The van der Waals surface area contributed by atoms with Crippen molar-refractivity contribution in [2.75, 3.05) is 28.2 Å². The molecule has 5 rings (SSSR count). The summed E-state index contributed by atoms with van der Waals surface area (Å²) in [5, 5.41) is 44.9. The molecule has 10 heteroatoms. The molecule has 10 nitrogen and oxygen atoms in total.